The second kappa shape index (κ2) is 9.24. The minimum absolute atomic E-state index is 0.408. The van der Waals surface area contributed by atoms with E-state index in [4.69, 9.17) is 28.7 Å². The van der Waals surface area contributed by atoms with Crippen LogP contribution < -0.4 is 18.9 Å². The van der Waals surface area contributed by atoms with E-state index < -0.39 is 11.9 Å². The quantitative estimate of drug-likeness (QED) is 0.299. The van der Waals surface area contributed by atoms with Crippen LogP contribution in [-0.2, 0) is 9.53 Å². The highest BCUT2D eigenvalue weighted by Crippen LogP contribution is 2.42. The maximum Gasteiger partial charge on any atom is 0.317 e. The van der Waals surface area contributed by atoms with E-state index in [-0.39, 0.29) is 0 Å². The van der Waals surface area contributed by atoms with Crippen LogP contribution in [0.3, 0.4) is 0 Å². The molecule has 7 nitrogen and oxygen atoms in total. The van der Waals surface area contributed by atoms with Gasteiger partial charge in [0.15, 0.2) is 23.0 Å². The second-order valence-electron chi connectivity index (χ2n) is 7.34. The van der Waals surface area contributed by atoms with E-state index >= 15 is 0 Å². The molecule has 7 heteroatoms. The summed E-state index contributed by atoms with van der Waals surface area (Å²) in [4.78, 5) is 18.1. The number of aromatic nitrogens is 1. The third kappa shape index (κ3) is 3.86. The van der Waals surface area contributed by atoms with Crippen molar-refractivity contribution >= 4 is 27.8 Å². The number of carbonyl (C=O) groups excluding carboxylic acids is 1. The number of pyridine rings is 1. The number of hydrogen-bond acceptors (Lipinski definition) is 7. The van der Waals surface area contributed by atoms with Crippen molar-refractivity contribution in [1.82, 2.24) is 4.98 Å². The predicted octanol–water partition coefficient (Wildman–Crippen LogP) is 4.73. The van der Waals surface area contributed by atoms with Crippen LogP contribution in [0.4, 0.5) is 0 Å². The largest absolute Gasteiger partial charge is 0.493 e. The van der Waals surface area contributed by atoms with Crippen LogP contribution in [0.25, 0.3) is 21.8 Å². The average molecular weight is 447 g/mol. The van der Waals surface area contributed by atoms with Crippen LogP contribution in [0.15, 0.2) is 54.6 Å². The summed E-state index contributed by atoms with van der Waals surface area (Å²) in [6.07, 6.45) is 0. The summed E-state index contributed by atoms with van der Waals surface area (Å²) in [6, 6.07) is 16.8. The zero-order chi connectivity index (χ0) is 23.5. The molecule has 0 aliphatic carbocycles. The summed E-state index contributed by atoms with van der Waals surface area (Å²) >= 11 is 0. The number of ether oxygens (including phenoxy) is 5. The van der Waals surface area contributed by atoms with Crippen LogP contribution in [-0.4, -0.2) is 46.5 Å². The SMILES string of the molecule is COC(=O)C(c1ccc(OC)c(OC)c1)c1c2ccccc2nc2cc(OC)c(OC)cc12. The number of nitrogens with zero attached hydrogens (tertiary/aromatic N) is 1. The van der Waals surface area contributed by atoms with Gasteiger partial charge in [0.05, 0.1) is 46.6 Å². The van der Waals surface area contributed by atoms with Crippen molar-refractivity contribution in [3.8, 4) is 23.0 Å². The molecule has 4 aromatic rings. The van der Waals surface area contributed by atoms with Crippen LogP contribution in [0.2, 0.25) is 0 Å². The molecule has 0 aliphatic heterocycles. The van der Waals surface area contributed by atoms with E-state index in [2.05, 4.69) is 0 Å². The Labute approximate surface area is 191 Å². The molecule has 4 rings (SSSR count). The molecular weight excluding hydrogens is 422 g/mol. The third-order valence-corrected chi connectivity index (χ3v) is 5.69. The van der Waals surface area contributed by atoms with Gasteiger partial charge in [-0.25, -0.2) is 4.98 Å². The zero-order valence-corrected chi connectivity index (χ0v) is 19.2. The predicted molar refractivity (Wildman–Crippen MR) is 126 cm³/mol. The molecule has 1 unspecified atom stereocenters. The summed E-state index contributed by atoms with van der Waals surface area (Å²) in [5.74, 6) is 1.03. The Hall–Kier alpha value is -4.00. The lowest BCUT2D eigenvalue weighted by Crippen LogP contribution is -2.17. The first-order valence-electron chi connectivity index (χ1n) is 10.3. The van der Waals surface area contributed by atoms with Crippen molar-refractivity contribution in [2.75, 3.05) is 35.5 Å². The number of fused-ring (bicyclic) bond motifs is 2. The van der Waals surface area contributed by atoms with Crippen molar-refractivity contribution in [1.29, 1.82) is 0 Å². The number of methoxy groups -OCH3 is 5. The van der Waals surface area contributed by atoms with Crippen molar-refractivity contribution in [3.05, 3.63) is 65.7 Å². The molecule has 0 N–H and O–H groups in total. The van der Waals surface area contributed by atoms with Crippen molar-refractivity contribution < 1.29 is 28.5 Å². The molecule has 33 heavy (non-hydrogen) atoms. The Morgan fingerprint density at radius 1 is 0.697 bits per heavy atom. The number of rotatable bonds is 7. The first-order chi connectivity index (χ1) is 16.1. The van der Waals surface area contributed by atoms with Crippen LogP contribution in [0, 0.1) is 0 Å². The van der Waals surface area contributed by atoms with Gasteiger partial charge in [-0.3, -0.25) is 4.79 Å². The van der Waals surface area contributed by atoms with Gasteiger partial charge >= 0.3 is 5.97 Å². The fraction of sp³-hybridized carbons (Fsp3) is 0.231. The maximum absolute atomic E-state index is 13.3. The lowest BCUT2D eigenvalue weighted by atomic mass is 9.86. The van der Waals surface area contributed by atoms with E-state index in [1.165, 1.54) is 7.11 Å². The summed E-state index contributed by atoms with van der Waals surface area (Å²) in [5, 5.41) is 1.60. The standard InChI is InChI=1S/C26H25NO6/c1-29-20-11-10-15(12-21(20)30-2)24(26(28)33-5)25-16-8-6-7-9-18(16)27-19-14-23(32-4)22(31-3)13-17(19)25/h6-14,24H,1-5H3. The monoisotopic (exact) mass is 447 g/mol. The summed E-state index contributed by atoms with van der Waals surface area (Å²) < 4.78 is 27.2. The molecule has 1 aromatic heterocycles. The Bertz CT molecular complexity index is 1330. The third-order valence-electron chi connectivity index (χ3n) is 5.69. The van der Waals surface area contributed by atoms with Crippen LogP contribution in [0.1, 0.15) is 17.0 Å². The van der Waals surface area contributed by atoms with E-state index in [1.54, 1.807) is 40.6 Å². The Morgan fingerprint density at radius 2 is 1.33 bits per heavy atom. The number of para-hydroxylation sites is 1. The Morgan fingerprint density at radius 3 is 2.00 bits per heavy atom. The molecule has 0 spiro atoms. The van der Waals surface area contributed by atoms with Crippen LogP contribution in [0.5, 0.6) is 23.0 Å². The topological polar surface area (TPSA) is 76.1 Å². The van der Waals surface area contributed by atoms with Gasteiger partial charge in [0, 0.05) is 16.8 Å². The van der Waals surface area contributed by atoms with Gasteiger partial charge in [-0.05, 0) is 35.4 Å². The summed E-state index contributed by atoms with van der Waals surface area (Å²) in [5.41, 5.74) is 2.89. The molecule has 1 atom stereocenters. The normalized spacial score (nSPS) is 11.8. The first kappa shape index (κ1) is 22.2. The Kier molecular flexibility index (Phi) is 6.22. The van der Waals surface area contributed by atoms with Crippen molar-refractivity contribution in [3.63, 3.8) is 0 Å². The highest BCUT2D eigenvalue weighted by molar-refractivity contribution is 6.03. The van der Waals surface area contributed by atoms with E-state index in [1.807, 2.05) is 42.5 Å². The molecule has 0 saturated carbocycles. The second-order valence-corrected chi connectivity index (χ2v) is 7.34. The molecular formula is C26H25NO6. The van der Waals surface area contributed by atoms with Gasteiger partial charge in [-0.15, -0.1) is 0 Å². The van der Waals surface area contributed by atoms with Gasteiger partial charge in [-0.1, -0.05) is 24.3 Å². The molecule has 0 fully saturated rings. The molecule has 0 saturated heterocycles. The van der Waals surface area contributed by atoms with E-state index in [9.17, 15) is 4.79 Å². The van der Waals surface area contributed by atoms with E-state index in [0.717, 1.165) is 21.9 Å². The van der Waals surface area contributed by atoms with E-state index in [0.29, 0.717) is 34.1 Å². The molecule has 170 valence electrons. The molecule has 3 aromatic carbocycles. The first-order valence-corrected chi connectivity index (χ1v) is 10.3. The molecule has 1 heterocycles. The highest BCUT2D eigenvalue weighted by Gasteiger charge is 2.29. The molecule has 0 amide bonds. The number of hydrogen-bond donors (Lipinski definition) is 0. The maximum atomic E-state index is 13.3. The average Bonchev–Trinajstić information content (AvgIpc) is 2.87. The number of benzene rings is 3. The van der Waals surface area contributed by atoms with Crippen molar-refractivity contribution in [2.45, 2.75) is 5.92 Å². The number of carbonyl (C=O) groups is 1. The summed E-state index contributed by atoms with van der Waals surface area (Å²) in [7, 11) is 7.66. The van der Waals surface area contributed by atoms with Gasteiger partial charge in [0.2, 0.25) is 0 Å². The fourth-order valence-electron chi connectivity index (χ4n) is 4.13. The lowest BCUT2D eigenvalue weighted by molar-refractivity contribution is -0.141. The molecule has 0 aliphatic rings. The van der Waals surface area contributed by atoms with Gasteiger partial charge in [0.1, 0.15) is 5.92 Å². The lowest BCUT2D eigenvalue weighted by Gasteiger charge is -2.21. The summed E-state index contributed by atoms with van der Waals surface area (Å²) in [6.45, 7) is 0. The highest BCUT2D eigenvalue weighted by atomic mass is 16.5. The van der Waals surface area contributed by atoms with Gasteiger partial charge in [0.25, 0.3) is 0 Å². The zero-order valence-electron chi connectivity index (χ0n) is 19.2. The Balaban J connectivity index is 2.11. The number of esters is 1. The molecule has 0 radical (unpaired) electrons. The minimum atomic E-state index is -0.747. The van der Waals surface area contributed by atoms with Gasteiger partial charge < -0.3 is 23.7 Å². The molecule has 0 bridgehead atoms. The van der Waals surface area contributed by atoms with Gasteiger partial charge in [-0.2, -0.15) is 0 Å². The minimum Gasteiger partial charge on any atom is -0.493 e. The van der Waals surface area contributed by atoms with Crippen LogP contribution >= 0.6 is 0 Å². The smallest absolute Gasteiger partial charge is 0.317 e. The fourth-order valence-corrected chi connectivity index (χ4v) is 4.13. The van der Waals surface area contributed by atoms with Crippen molar-refractivity contribution in [2.24, 2.45) is 0 Å².